The lowest BCUT2D eigenvalue weighted by Crippen LogP contribution is -2.48. The smallest absolute Gasteiger partial charge is 0.263 e. The van der Waals surface area contributed by atoms with Gasteiger partial charge in [-0.1, -0.05) is 12.1 Å². The van der Waals surface area contributed by atoms with E-state index in [-0.39, 0.29) is 17.9 Å². The van der Waals surface area contributed by atoms with E-state index in [1.54, 1.807) is 6.07 Å². The highest BCUT2D eigenvalue weighted by molar-refractivity contribution is 6.14. The second-order valence-corrected chi connectivity index (χ2v) is 5.28. The Labute approximate surface area is 124 Å². The van der Waals surface area contributed by atoms with Crippen LogP contribution in [0.5, 0.6) is 0 Å². The number of carbonyl (C=O) groups excluding carboxylic acids is 2. The average molecular weight is 285 g/mol. The second-order valence-electron chi connectivity index (χ2n) is 5.28. The number of hydrogen-bond donors (Lipinski definition) is 0. The molecule has 2 amide bonds. The van der Waals surface area contributed by atoms with Crippen LogP contribution in [0.2, 0.25) is 0 Å². The fourth-order valence-corrected chi connectivity index (χ4v) is 3.09. The molecule has 3 rings (SSSR count). The molecule has 21 heavy (non-hydrogen) atoms. The molecule has 1 fully saturated rings. The quantitative estimate of drug-likeness (QED) is 0.783. The third-order valence-corrected chi connectivity index (χ3v) is 4.19. The van der Waals surface area contributed by atoms with Crippen LogP contribution in [0.4, 0.5) is 5.69 Å². The maximum absolute atomic E-state index is 12.7. The summed E-state index contributed by atoms with van der Waals surface area (Å²) in [4.78, 5) is 33.1. The maximum atomic E-state index is 12.7. The number of rotatable bonds is 2. The van der Waals surface area contributed by atoms with Crippen molar-refractivity contribution < 1.29 is 9.59 Å². The predicted molar refractivity (Wildman–Crippen MR) is 80.7 cm³/mol. The summed E-state index contributed by atoms with van der Waals surface area (Å²) in [5.74, 6) is 0.523. The van der Waals surface area contributed by atoms with Crippen molar-refractivity contribution in [3.8, 4) is 0 Å². The number of amidine groups is 1. The third-order valence-electron chi connectivity index (χ3n) is 4.19. The summed E-state index contributed by atoms with van der Waals surface area (Å²) in [5.41, 5.74) is 1.17. The van der Waals surface area contributed by atoms with Gasteiger partial charge in [0, 0.05) is 19.5 Å². The number of para-hydroxylation sites is 1. The van der Waals surface area contributed by atoms with Crippen molar-refractivity contribution in [2.45, 2.75) is 32.7 Å². The zero-order chi connectivity index (χ0) is 15.0. The Morgan fingerprint density at radius 2 is 1.95 bits per heavy atom. The molecule has 0 unspecified atom stereocenters. The van der Waals surface area contributed by atoms with Crippen molar-refractivity contribution in [3.63, 3.8) is 0 Å². The number of fused-ring (bicyclic) bond motifs is 2. The number of likely N-dealkylation sites (N-methyl/N-ethyl adjacent to an activating group) is 1. The first kappa shape index (κ1) is 13.8. The van der Waals surface area contributed by atoms with Gasteiger partial charge in [0.2, 0.25) is 5.91 Å². The summed E-state index contributed by atoms with van der Waals surface area (Å²) in [6.07, 6.45) is 1.08. The minimum atomic E-state index is -0.225. The molecule has 5 heteroatoms. The van der Waals surface area contributed by atoms with E-state index in [1.165, 1.54) is 4.90 Å². The van der Waals surface area contributed by atoms with Crippen LogP contribution in [-0.4, -0.2) is 46.6 Å². The number of nitrogens with zero attached hydrogens (tertiary/aromatic N) is 3. The van der Waals surface area contributed by atoms with E-state index in [1.807, 2.05) is 18.2 Å². The fraction of sp³-hybridized carbons (Fsp3) is 0.438. The first-order chi connectivity index (χ1) is 10.2. The van der Waals surface area contributed by atoms with Gasteiger partial charge in [0.25, 0.3) is 5.91 Å². The van der Waals surface area contributed by atoms with E-state index in [0.29, 0.717) is 24.1 Å². The van der Waals surface area contributed by atoms with E-state index < -0.39 is 0 Å². The normalized spacial score (nSPS) is 20.8. The maximum Gasteiger partial charge on any atom is 0.263 e. The molecule has 2 aliphatic heterocycles. The van der Waals surface area contributed by atoms with E-state index >= 15 is 0 Å². The van der Waals surface area contributed by atoms with Gasteiger partial charge in [-0.2, -0.15) is 0 Å². The Balaban J connectivity index is 2.17. The predicted octanol–water partition coefficient (Wildman–Crippen LogP) is 2.20. The number of hydrogen-bond acceptors (Lipinski definition) is 4. The molecule has 0 aromatic heterocycles. The molecule has 0 aliphatic carbocycles. The van der Waals surface area contributed by atoms with Crippen molar-refractivity contribution in [2.24, 2.45) is 4.99 Å². The molecular weight excluding hydrogens is 266 g/mol. The average Bonchev–Trinajstić information content (AvgIpc) is 2.83. The van der Waals surface area contributed by atoms with Crippen molar-refractivity contribution in [1.82, 2.24) is 9.80 Å². The van der Waals surface area contributed by atoms with Gasteiger partial charge >= 0.3 is 0 Å². The second kappa shape index (κ2) is 5.31. The summed E-state index contributed by atoms with van der Waals surface area (Å²) in [7, 11) is 0. The Morgan fingerprint density at radius 3 is 2.67 bits per heavy atom. The van der Waals surface area contributed by atoms with Crippen molar-refractivity contribution >= 4 is 23.3 Å². The van der Waals surface area contributed by atoms with Crippen molar-refractivity contribution in [2.75, 3.05) is 13.1 Å². The lowest BCUT2D eigenvalue weighted by atomic mass is 10.1. The number of imide groups is 1. The molecule has 5 nitrogen and oxygen atoms in total. The van der Waals surface area contributed by atoms with Crippen LogP contribution in [0, 0.1) is 0 Å². The molecule has 1 aromatic carbocycles. The van der Waals surface area contributed by atoms with E-state index in [4.69, 9.17) is 4.99 Å². The summed E-state index contributed by atoms with van der Waals surface area (Å²) in [6.45, 7) is 5.74. The Bertz CT molecular complexity index is 620. The number of benzene rings is 1. The van der Waals surface area contributed by atoms with Crippen molar-refractivity contribution in [3.05, 3.63) is 29.8 Å². The van der Waals surface area contributed by atoms with Crippen LogP contribution in [0.15, 0.2) is 29.3 Å². The van der Waals surface area contributed by atoms with Crippen LogP contribution in [0.25, 0.3) is 0 Å². The minimum absolute atomic E-state index is 0.0958. The van der Waals surface area contributed by atoms with Crippen LogP contribution in [-0.2, 0) is 4.79 Å². The van der Waals surface area contributed by atoms with Crippen LogP contribution in [0.3, 0.4) is 0 Å². The van der Waals surface area contributed by atoms with Gasteiger partial charge in [-0.05, 0) is 32.4 Å². The largest absolute Gasteiger partial charge is 0.359 e. The molecule has 1 saturated heterocycles. The fourth-order valence-electron chi connectivity index (χ4n) is 3.09. The minimum Gasteiger partial charge on any atom is -0.359 e. The summed E-state index contributed by atoms with van der Waals surface area (Å²) in [5, 5.41) is 0. The topological polar surface area (TPSA) is 53.0 Å². The van der Waals surface area contributed by atoms with Crippen LogP contribution in [0.1, 0.15) is 37.0 Å². The molecule has 2 aliphatic rings. The lowest BCUT2D eigenvalue weighted by Gasteiger charge is -2.29. The Morgan fingerprint density at radius 1 is 1.24 bits per heavy atom. The van der Waals surface area contributed by atoms with E-state index in [0.717, 1.165) is 18.9 Å². The highest BCUT2D eigenvalue weighted by Gasteiger charge is 2.42. The van der Waals surface area contributed by atoms with Crippen molar-refractivity contribution in [1.29, 1.82) is 0 Å². The lowest BCUT2D eigenvalue weighted by molar-refractivity contribution is -0.125. The molecule has 0 N–H and O–H groups in total. The van der Waals surface area contributed by atoms with E-state index in [2.05, 4.69) is 18.7 Å². The van der Waals surface area contributed by atoms with E-state index in [9.17, 15) is 9.59 Å². The summed E-state index contributed by atoms with van der Waals surface area (Å²) < 4.78 is 0. The Hall–Kier alpha value is -2.17. The first-order valence-electron chi connectivity index (χ1n) is 7.46. The molecular formula is C16H19N3O2. The zero-order valence-electron chi connectivity index (χ0n) is 12.4. The molecule has 1 aromatic rings. The zero-order valence-corrected chi connectivity index (χ0v) is 12.4. The van der Waals surface area contributed by atoms with Crippen LogP contribution >= 0.6 is 0 Å². The Kier molecular flexibility index (Phi) is 3.49. The number of aliphatic imine (C=N–C) groups is 1. The van der Waals surface area contributed by atoms with Gasteiger partial charge in [-0.15, -0.1) is 0 Å². The van der Waals surface area contributed by atoms with Gasteiger partial charge < -0.3 is 4.90 Å². The van der Waals surface area contributed by atoms with Gasteiger partial charge in [0.15, 0.2) is 0 Å². The molecule has 0 bridgehead atoms. The number of amides is 2. The molecule has 0 saturated carbocycles. The molecule has 110 valence electrons. The van der Waals surface area contributed by atoms with Gasteiger partial charge in [0.05, 0.1) is 17.3 Å². The number of carbonyl (C=O) groups is 2. The van der Waals surface area contributed by atoms with Gasteiger partial charge in [-0.3, -0.25) is 14.5 Å². The molecule has 1 atom stereocenters. The summed E-state index contributed by atoms with van der Waals surface area (Å²) in [6, 6.07) is 7.04. The monoisotopic (exact) mass is 285 g/mol. The summed E-state index contributed by atoms with van der Waals surface area (Å²) >= 11 is 0. The molecule has 0 radical (unpaired) electrons. The van der Waals surface area contributed by atoms with Gasteiger partial charge in [-0.25, -0.2) is 4.99 Å². The van der Waals surface area contributed by atoms with Crippen LogP contribution < -0.4 is 0 Å². The molecule has 2 heterocycles. The molecule has 0 spiro atoms. The van der Waals surface area contributed by atoms with Gasteiger partial charge in [0.1, 0.15) is 5.84 Å². The first-order valence-corrected chi connectivity index (χ1v) is 7.46. The standard InChI is InChI=1S/C16H19N3O2/c1-3-18(4-2)15-13-9-10-14(20)19(13)16(21)11-7-5-6-8-12(11)17-15/h5-8,13H,3-4,9-10H2,1-2H3/t13-/m0/s1. The third kappa shape index (κ3) is 2.13. The SMILES string of the molecule is CCN(CC)C1=Nc2ccccc2C(=O)N2C(=O)CC[C@@H]12. The highest BCUT2D eigenvalue weighted by Crippen LogP contribution is 2.32. The highest BCUT2D eigenvalue weighted by atomic mass is 16.2.